The van der Waals surface area contributed by atoms with E-state index in [2.05, 4.69) is 5.32 Å². The summed E-state index contributed by atoms with van der Waals surface area (Å²) in [7, 11) is 0. The van der Waals surface area contributed by atoms with Crippen molar-refractivity contribution in [1.82, 2.24) is 5.32 Å². The molecule has 0 aliphatic carbocycles. The summed E-state index contributed by atoms with van der Waals surface area (Å²) in [5.41, 5.74) is 6.45. The number of carbonyl (C=O) groups is 1. The van der Waals surface area contributed by atoms with E-state index in [0.29, 0.717) is 33.8 Å². The monoisotopic (exact) mass is 304 g/mol. The van der Waals surface area contributed by atoms with Gasteiger partial charge in [0, 0.05) is 12.1 Å². The van der Waals surface area contributed by atoms with Crippen LogP contribution in [0.1, 0.15) is 16.8 Å². The van der Waals surface area contributed by atoms with Crippen molar-refractivity contribution < 1.29 is 4.79 Å². The van der Waals surface area contributed by atoms with Crippen molar-refractivity contribution in [3.63, 3.8) is 0 Å². The normalized spacial score (nSPS) is 18.9. The van der Waals surface area contributed by atoms with Gasteiger partial charge in [0.15, 0.2) is 0 Å². The summed E-state index contributed by atoms with van der Waals surface area (Å²) >= 11 is 13.7. The Morgan fingerprint density at radius 3 is 2.89 bits per heavy atom. The van der Waals surface area contributed by atoms with E-state index >= 15 is 0 Å². The molecule has 1 aromatic carbocycles. The molecule has 98 valence electrons. The van der Waals surface area contributed by atoms with Crippen molar-refractivity contribution in [3.8, 4) is 0 Å². The number of hydrogen-bond donors (Lipinski definition) is 2. The number of amides is 1. The lowest BCUT2D eigenvalue weighted by molar-refractivity contribution is 0.0948. The maximum atomic E-state index is 11.9. The SMILES string of the molecule is Nc1cc(C(=O)NCC2CCSC2)cc(Cl)c1Cl. The molecule has 1 fully saturated rings. The molecule has 18 heavy (non-hydrogen) atoms. The molecule has 1 atom stereocenters. The average molecular weight is 305 g/mol. The fourth-order valence-electron chi connectivity index (χ4n) is 1.82. The number of hydrogen-bond acceptors (Lipinski definition) is 3. The fraction of sp³-hybridized carbons (Fsp3) is 0.417. The molecule has 1 aromatic rings. The number of nitrogens with two attached hydrogens (primary N) is 1. The lowest BCUT2D eigenvalue weighted by atomic mass is 10.1. The van der Waals surface area contributed by atoms with Gasteiger partial charge in [-0.2, -0.15) is 11.8 Å². The third-order valence-electron chi connectivity index (χ3n) is 2.89. The summed E-state index contributed by atoms with van der Waals surface area (Å²) < 4.78 is 0. The molecule has 0 radical (unpaired) electrons. The van der Waals surface area contributed by atoms with Crippen LogP contribution < -0.4 is 11.1 Å². The number of halogens is 2. The minimum atomic E-state index is -0.155. The second-order valence-electron chi connectivity index (χ2n) is 4.30. The smallest absolute Gasteiger partial charge is 0.251 e. The van der Waals surface area contributed by atoms with Crippen LogP contribution in [0.5, 0.6) is 0 Å². The van der Waals surface area contributed by atoms with Crippen molar-refractivity contribution in [2.75, 3.05) is 23.8 Å². The number of nitrogens with one attached hydrogen (secondary N) is 1. The standard InChI is InChI=1S/C12H14Cl2N2OS/c13-9-3-8(4-10(15)11(9)14)12(17)16-5-7-1-2-18-6-7/h3-4,7H,1-2,5-6,15H2,(H,16,17). The van der Waals surface area contributed by atoms with Crippen molar-refractivity contribution in [2.24, 2.45) is 5.92 Å². The molecule has 1 saturated heterocycles. The summed E-state index contributed by atoms with van der Waals surface area (Å²) in [5.74, 6) is 2.71. The van der Waals surface area contributed by atoms with Crippen molar-refractivity contribution in [3.05, 3.63) is 27.7 Å². The van der Waals surface area contributed by atoms with Gasteiger partial charge in [-0.1, -0.05) is 23.2 Å². The fourth-order valence-corrected chi connectivity index (χ4v) is 3.45. The maximum absolute atomic E-state index is 11.9. The minimum absolute atomic E-state index is 0.155. The summed E-state index contributed by atoms with van der Waals surface area (Å²) in [4.78, 5) is 11.9. The van der Waals surface area contributed by atoms with E-state index in [9.17, 15) is 4.79 Å². The van der Waals surface area contributed by atoms with E-state index < -0.39 is 0 Å². The highest BCUT2D eigenvalue weighted by molar-refractivity contribution is 7.99. The van der Waals surface area contributed by atoms with Gasteiger partial charge in [-0.25, -0.2) is 0 Å². The van der Waals surface area contributed by atoms with E-state index in [1.807, 2.05) is 11.8 Å². The van der Waals surface area contributed by atoms with Crippen LogP contribution in [-0.2, 0) is 0 Å². The molecular weight excluding hydrogens is 291 g/mol. The molecule has 1 heterocycles. The van der Waals surface area contributed by atoms with Crippen LogP contribution in [0.4, 0.5) is 5.69 Å². The molecule has 1 amide bonds. The Labute approximate surface area is 120 Å². The Balaban J connectivity index is 2.00. The number of nitrogen functional groups attached to an aromatic ring is 1. The lowest BCUT2D eigenvalue weighted by Gasteiger charge is -2.11. The van der Waals surface area contributed by atoms with Crippen molar-refractivity contribution in [2.45, 2.75) is 6.42 Å². The number of anilines is 1. The maximum Gasteiger partial charge on any atom is 0.251 e. The van der Waals surface area contributed by atoms with Gasteiger partial charge in [-0.3, -0.25) is 4.79 Å². The Bertz CT molecular complexity index is 438. The summed E-state index contributed by atoms with van der Waals surface area (Å²) in [5, 5.41) is 3.50. The largest absolute Gasteiger partial charge is 0.397 e. The van der Waals surface area contributed by atoms with Crippen LogP contribution in [0.2, 0.25) is 10.0 Å². The molecule has 3 nitrogen and oxygen atoms in total. The average Bonchev–Trinajstić information content (AvgIpc) is 2.85. The zero-order valence-corrected chi connectivity index (χ0v) is 12.0. The number of rotatable bonds is 3. The molecule has 2 rings (SSSR count). The van der Waals surface area contributed by atoms with Gasteiger partial charge in [-0.05, 0) is 36.0 Å². The first-order valence-corrected chi connectivity index (χ1v) is 7.59. The molecule has 1 unspecified atom stereocenters. The quantitative estimate of drug-likeness (QED) is 0.844. The summed E-state index contributed by atoms with van der Waals surface area (Å²) in [6.45, 7) is 0.700. The molecule has 6 heteroatoms. The van der Waals surface area contributed by atoms with Gasteiger partial charge in [0.05, 0.1) is 15.7 Å². The molecule has 0 spiro atoms. The molecule has 0 bridgehead atoms. The second-order valence-corrected chi connectivity index (χ2v) is 6.24. The van der Waals surface area contributed by atoms with Crippen molar-refractivity contribution >= 4 is 46.6 Å². The van der Waals surface area contributed by atoms with Crippen LogP contribution in [0.25, 0.3) is 0 Å². The van der Waals surface area contributed by atoms with E-state index in [-0.39, 0.29) is 5.91 Å². The zero-order chi connectivity index (χ0) is 13.1. The Kier molecular flexibility index (Phi) is 4.65. The van der Waals surface area contributed by atoms with Crippen molar-refractivity contribution in [1.29, 1.82) is 0 Å². The van der Waals surface area contributed by atoms with Gasteiger partial charge in [0.1, 0.15) is 0 Å². The van der Waals surface area contributed by atoms with Crippen LogP contribution in [0, 0.1) is 5.92 Å². The minimum Gasteiger partial charge on any atom is -0.397 e. The topological polar surface area (TPSA) is 55.1 Å². The van der Waals surface area contributed by atoms with Crippen LogP contribution >= 0.6 is 35.0 Å². The molecular formula is C12H14Cl2N2OS. The third-order valence-corrected chi connectivity index (χ3v) is 4.94. The number of thioether (sulfide) groups is 1. The van der Waals surface area contributed by atoms with E-state index in [0.717, 1.165) is 12.2 Å². The van der Waals surface area contributed by atoms with E-state index in [1.165, 1.54) is 5.75 Å². The number of carbonyl (C=O) groups excluding carboxylic acids is 1. The highest BCUT2D eigenvalue weighted by atomic mass is 35.5. The van der Waals surface area contributed by atoms with Gasteiger partial charge in [0.25, 0.3) is 5.91 Å². The third kappa shape index (κ3) is 3.25. The first kappa shape index (κ1) is 13.8. The second kappa shape index (κ2) is 6.04. The Morgan fingerprint density at radius 2 is 2.28 bits per heavy atom. The molecule has 3 N–H and O–H groups in total. The Morgan fingerprint density at radius 1 is 1.50 bits per heavy atom. The Hall–Kier alpha value is -0.580. The summed E-state index contributed by atoms with van der Waals surface area (Å²) in [6.07, 6.45) is 1.16. The highest BCUT2D eigenvalue weighted by Crippen LogP contribution is 2.29. The zero-order valence-electron chi connectivity index (χ0n) is 9.71. The first-order valence-electron chi connectivity index (χ1n) is 5.68. The lowest BCUT2D eigenvalue weighted by Crippen LogP contribution is -2.29. The van der Waals surface area contributed by atoms with Crippen LogP contribution in [-0.4, -0.2) is 24.0 Å². The van der Waals surface area contributed by atoms with Crippen LogP contribution in [0.15, 0.2) is 12.1 Å². The predicted octanol–water partition coefficient (Wildman–Crippen LogP) is 3.06. The van der Waals surface area contributed by atoms with Gasteiger partial charge < -0.3 is 11.1 Å². The van der Waals surface area contributed by atoms with Gasteiger partial charge >= 0.3 is 0 Å². The van der Waals surface area contributed by atoms with E-state index in [1.54, 1.807) is 12.1 Å². The predicted molar refractivity (Wildman–Crippen MR) is 78.6 cm³/mol. The van der Waals surface area contributed by atoms with E-state index in [4.69, 9.17) is 28.9 Å². The number of benzene rings is 1. The van der Waals surface area contributed by atoms with Gasteiger partial charge in [-0.15, -0.1) is 0 Å². The molecule has 1 aliphatic heterocycles. The first-order chi connectivity index (χ1) is 8.58. The summed E-state index contributed by atoms with van der Waals surface area (Å²) in [6, 6.07) is 3.09. The van der Waals surface area contributed by atoms with Crippen LogP contribution in [0.3, 0.4) is 0 Å². The molecule has 0 aromatic heterocycles. The van der Waals surface area contributed by atoms with Gasteiger partial charge in [0.2, 0.25) is 0 Å². The molecule has 1 aliphatic rings. The molecule has 0 saturated carbocycles. The highest BCUT2D eigenvalue weighted by Gasteiger charge is 2.17.